The molecule has 0 bridgehead atoms. The van der Waals surface area contributed by atoms with Gasteiger partial charge in [-0.25, -0.2) is 8.42 Å². The molecule has 1 aromatic carbocycles. The van der Waals surface area contributed by atoms with Crippen LogP contribution in [0, 0.1) is 13.8 Å². The molecule has 3 rings (SSSR count). The molecule has 1 N–H and O–H groups in total. The maximum absolute atomic E-state index is 12.9. The highest BCUT2D eigenvalue weighted by molar-refractivity contribution is 7.89. The molecule has 0 saturated carbocycles. The molecule has 0 atom stereocenters. The van der Waals surface area contributed by atoms with Gasteiger partial charge in [0, 0.05) is 26.2 Å². The van der Waals surface area contributed by atoms with Gasteiger partial charge in [-0.2, -0.15) is 9.40 Å². The van der Waals surface area contributed by atoms with E-state index in [4.69, 9.17) is 4.74 Å². The van der Waals surface area contributed by atoms with Crippen molar-refractivity contribution in [2.24, 2.45) is 0 Å². The molecule has 28 heavy (non-hydrogen) atoms. The lowest BCUT2D eigenvalue weighted by Gasteiger charge is -2.34. The van der Waals surface area contributed by atoms with Crippen molar-refractivity contribution < 1.29 is 17.9 Å². The first-order valence-corrected chi connectivity index (χ1v) is 10.8. The number of amides is 1. The average molecular weight is 407 g/mol. The molecule has 1 saturated heterocycles. The Morgan fingerprint density at radius 1 is 1.14 bits per heavy atom. The Kier molecular flexibility index (Phi) is 6.04. The molecule has 0 spiro atoms. The lowest BCUT2D eigenvalue weighted by molar-refractivity contribution is -0.131. The molecule has 8 nitrogen and oxygen atoms in total. The summed E-state index contributed by atoms with van der Waals surface area (Å²) in [6.07, 6.45) is 0.291. The van der Waals surface area contributed by atoms with Gasteiger partial charge < -0.3 is 9.64 Å². The Morgan fingerprint density at radius 2 is 1.79 bits per heavy atom. The summed E-state index contributed by atoms with van der Waals surface area (Å²) in [7, 11) is -3.61. The number of carbonyl (C=O) groups excluding carboxylic acids is 1. The molecule has 152 valence electrons. The molecule has 2 aromatic rings. The van der Waals surface area contributed by atoms with E-state index in [1.807, 2.05) is 31.2 Å². The van der Waals surface area contributed by atoms with E-state index in [1.54, 1.807) is 18.7 Å². The first-order chi connectivity index (χ1) is 13.3. The van der Waals surface area contributed by atoms with E-state index >= 15 is 0 Å². The topological polar surface area (TPSA) is 95.6 Å². The number of hydrogen-bond acceptors (Lipinski definition) is 5. The summed E-state index contributed by atoms with van der Waals surface area (Å²) < 4.78 is 32.6. The fourth-order valence-corrected chi connectivity index (χ4v) is 5.14. The van der Waals surface area contributed by atoms with Gasteiger partial charge in [-0.3, -0.25) is 9.89 Å². The van der Waals surface area contributed by atoms with Crippen molar-refractivity contribution in [3.8, 4) is 5.75 Å². The molecule has 2 heterocycles. The smallest absolute Gasteiger partial charge is 0.246 e. The number of H-pyrrole nitrogens is 1. The quantitative estimate of drug-likeness (QED) is 0.784. The number of benzene rings is 1. The van der Waals surface area contributed by atoms with E-state index in [9.17, 15) is 13.2 Å². The van der Waals surface area contributed by atoms with Crippen molar-refractivity contribution in [1.29, 1.82) is 0 Å². The predicted molar refractivity (Wildman–Crippen MR) is 105 cm³/mol. The zero-order valence-corrected chi connectivity index (χ0v) is 17.3. The molecule has 0 unspecified atom stereocenters. The molecule has 1 aliphatic heterocycles. The van der Waals surface area contributed by atoms with Crippen LogP contribution in [0.3, 0.4) is 0 Å². The second kappa shape index (κ2) is 8.32. The van der Waals surface area contributed by atoms with Crippen molar-refractivity contribution in [2.45, 2.75) is 32.1 Å². The number of aromatic nitrogens is 2. The predicted octanol–water partition coefficient (Wildman–Crippen LogP) is 1.50. The van der Waals surface area contributed by atoms with Gasteiger partial charge in [0.15, 0.2) is 0 Å². The highest BCUT2D eigenvalue weighted by Crippen LogP contribution is 2.23. The van der Waals surface area contributed by atoms with E-state index in [0.717, 1.165) is 11.3 Å². The molecule has 9 heteroatoms. The van der Waals surface area contributed by atoms with Gasteiger partial charge in [0.05, 0.1) is 24.4 Å². The molecular formula is C19H26N4O4S. The Morgan fingerprint density at radius 3 is 2.32 bits per heavy atom. The second-order valence-corrected chi connectivity index (χ2v) is 8.68. The standard InChI is InChI=1S/C19H26N4O4S/c1-4-27-17-7-5-16(6-8-17)13-18(24)22-9-11-23(12-10-22)28(25,26)19-14(2)20-21-15(19)3/h5-8H,4,9-13H2,1-3H3,(H,20,21). The number of carbonyl (C=O) groups is 1. The zero-order chi connectivity index (χ0) is 20.3. The largest absolute Gasteiger partial charge is 0.494 e. The van der Waals surface area contributed by atoms with Crippen molar-refractivity contribution in [3.05, 3.63) is 41.2 Å². The van der Waals surface area contributed by atoms with E-state index in [-0.39, 0.29) is 23.9 Å². The number of piperazine rings is 1. The summed E-state index contributed by atoms with van der Waals surface area (Å²) in [5, 5.41) is 6.70. The SMILES string of the molecule is CCOc1ccc(CC(=O)N2CCN(S(=O)(=O)c3c(C)n[nH]c3C)CC2)cc1. The maximum atomic E-state index is 12.9. The second-order valence-electron chi connectivity index (χ2n) is 6.80. The van der Waals surface area contributed by atoms with Crippen LogP contribution in [0.1, 0.15) is 23.9 Å². The van der Waals surface area contributed by atoms with Crippen LogP contribution in [-0.4, -0.2) is 66.5 Å². The van der Waals surface area contributed by atoms with Crippen LogP contribution in [0.2, 0.25) is 0 Å². The van der Waals surface area contributed by atoms with E-state index in [2.05, 4.69) is 10.2 Å². The van der Waals surface area contributed by atoms with Crippen LogP contribution in [0.5, 0.6) is 5.75 Å². The molecular weight excluding hydrogens is 380 g/mol. The lowest BCUT2D eigenvalue weighted by Crippen LogP contribution is -2.51. The monoisotopic (exact) mass is 406 g/mol. The number of sulfonamides is 1. The summed E-state index contributed by atoms with van der Waals surface area (Å²) >= 11 is 0. The van der Waals surface area contributed by atoms with Gasteiger partial charge >= 0.3 is 0 Å². The molecule has 0 aliphatic carbocycles. The molecule has 1 fully saturated rings. The van der Waals surface area contributed by atoms with Crippen LogP contribution in [-0.2, 0) is 21.2 Å². The minimum atomic E-state index is -3.61. The number of aromatic amines is 1. The Labute approximate surface area is 165 Å². The van der Waals surface area contributed by atoms with E-state index in [1.165, 1.54) is 4.31 Å². The third kappa shape index (κ3) is 4.20. The van der Waals surface area contributed by atoms with Gasteiger partial charge in [-0.15, -0.1) is 0 Å². The number of aryl methyl sites for hydroxylation is 2. The Balaban J connectivity index is 1.59. The van der Waals surface area contributed by atoms with Gasteiger partial charge in [0.2, 0.25) is 15.9 Å². The average Bonchev–Trinajstić information content (AvgIpc) is 3.02. The van der Waals surface area contributed by atoms with Crippen molar-refractivity contribution in [2.75, 3.05) is 32.8 Å². The van der Waals surface area contributed by atoms with Crippen LogP contribution >= 0.6 is 0 Å². The normalized spacial score (nSPS) is 15.6. The highest BCUT2D eigenvalue weighted by Gasteiger charge is 2.33. The third-order valence-electron chi connectivity index (χ3n) is 4.84. The summed E-state index contributed by atoms with van der Waals surface area (Å²) in [6.45, 7) is 7.21. The summed E-state index contributed by atoms with van der Waals surface area (Å²) in [4.78, 5) is 14.5. The van der Waals surface area contributed by atoms with Gasteiger partial charge in [-0.1, -0.05) is 12.1 Å². The maximum Gasteiger partial charge on any atom is 0.246 e. The van der Waals surface area contributed by atoms with Crippen LogP contribution < -0.4 is 4.74 Å². The van der Waals surface area contributed by atoms with Crippen LogP contribution in [0.4, 0.5) is 0 Å². The number of nitrogens with one attached hydrogen (secondary N) is 1. The fraction of sp³-hybridized carbons (Fsp3) is 0.474. The van der Waals surface area contributed by atoms with Crippen LogP contribution in [0.15, 0.2) is 29.2 Å². The summed E-state index contributed by atoms with van der Waals surface area (Å²) in [6, 6.07) is 7.47. The third-order valence-corrected chi connectivity index (χ3v) is 7.00. The Hall–Kier alpha value is -2.39. The van der Waals surface area contributed by atoms with E-state index < -0.39 is 10.0 Å². The summed E-state index contributed by atoms with van der Waals surface area (Å²) in [5.74, 6) is 0.777. The number of rotatable bonds is 6. The summed E-state index contributed by atoms with van der Waals surface area (Å²) in [5.41, 5.74) is 1.91. The van der Waals surface area contributed by atoms with Crippen molar-refractivity contribution in [3.63, 3.8) is 0 Å². The fourth-order valence-electron chi connectivity index (χ4n) is 3.38. The van der Waals surface area contributed by atoms with E-state index in [0.29, 0.717) is 37.5 Å². The van der Waals surface area contributed by atoms with Gasteiger partial charge in [0.1, 0.15) is 10.6 Å². The minimum Gasteiger partial charge on any atom is -0.494 e. The van der Waals surface area contributed by atoms with Crippen LogP contribution in [0.25, 0.3) is 0 Å². The first-order valence-electron chi connectivity index (χ1n) is 9.34. The highest BCUT2D eigenvalue weighted by atomic mass is 32.2. The van der Waals surface area contributed by atoms with Crippen molar-refractivity contribution >= 4 is 15.9 Å². The van der Waals surface area contributed by atoms with Gasteiger partial charge in [0.25, 0.3) is 0 Å². The lowest BCUT2D eigenvalue weighted by atomic mass is 10.1. The number of ether oxygens (including phenoxy) is 1. The molecule has 0 radical (unpaired) electrons. The first kappa shape index (κ1) is 20.3. The number of nitrogens with zero attached hydrogens (tertiary/aromatic N) is 3. The van der Waals surface area contributed by atoms with Gasteiger partial charge in [-0.05, 0) is 38.5 Å². The molecule has 1 aliphatic rings. The molecule has 1 aromatic heterocycles. The minimum absolute atomic E-state index is 0.00289. The zero-order valence-electron chi connectivity index (χ0n) is 16.4. The molecule has 1 amide bonds. The van der Waals surface area contributed by atoms with Crippen molar-refractivity contribution in [1.82, 2.24) is 19.4 Å². The Bertz CT molecular complexity index is 910. The number of hydrogen-bond donors (Lipinski definition) is 1.